The molecule has 1 aromatic heterocycles. The lowest BCUT2D eigenvalue weighted by Crippen LogP contribution is -2.45. The maximum Gasteiger partial charge on any atom is 0.424 e. The van der Waals surface area contributed by atoms with Gasteiger partial charge in [0, 0.05) is 19.0 Å². The van der Waals surface area contributed by atoms with E-state index in [2.05, 4.69) is 10.6 Å². The van der Waals surface area contributed by atoms with Gasteiger partial charge in [0.1, 0.15) is 17.2 Å². The van der Waals surface area contributed by atoms with Gasteiger partial charge in [-0.1, -0.05) is 12.1 Å². The fraction of sp³-hybridized carbons (Fsp3) is 0.312. The number of benzene rings is 1. The van der Waals surface area contributed by atoms with E-state index in [1.54, 1.807) is 0 Å². The number of anilines is 1. The molecule has 0 unspecified atom stereocenters. The summed E-state index contributed by atoms with van der Waals surface area (Å²) in [6.07, 6.45) is -5.94. The summed E-state index contributed by atoms with van der Waals surface area (Å²) in [4.78, 5) is 22.0. The Bertz CT molecular complexity index is 837. The fourth-order valence-electron chi connectivity index (χ4n) is 2.32. The number of nitrogens with one attached hydrogen (secondary N) is 2. The van der Waals surface area contributed by atoms with Gasteiger partial charge in [0.2, 0.25) is 5.60 Å². The van der Waals surface area contributed by atoms with Crippen LogP contribution >= 0.6 is 0 Å². The van der Waals surface area contributed by atoms with Crippen LogP contribution in [0, 0.1) is 17.0 Å². The van der Waals surface area contributed by atoms with Crippen LogP contribution in [0.1, 0.15) is 17.9 Å². The summed E-state index contributed by atoms with van der Waals surface area (Å²) in [6.45, 7) is 0.862. The van der Waals surface area contributed by atoms with Crippen LogP contribution < -0.4 is 10.6 Å². The summed E-state index contributed by atoms with van der Waals surface area (Å²) in [7, 11) is 0. The van der Waals surface area contributed by atoms with Crippen LogP contribution in [0.15, 0.2) is 40.8 Å². The summed E-state index contributed by atoms with van der Waals surface area (Å²) in [5, 5.41) is 25.3. The SMILES string of the molecule is Cc1ccc([C@@](O)(CCNC(=O)Nc2ccccc2[N+](=O)[O-])C(F)(F)F)o1. The third-order valence-electron chi connectivity index (χ3n) is 3.74. The minimum Gasteiger partial charge on any atom is -0.463 e. The molecule has 2 rings (SSSR count). The maximum absolute atomic E-state index is 13.3. The van der Waals surface area contributed by atoms with Gasteiger partial charge in [-0.25, -0.2) is 4.79 Å². The van der Waals surface area contributed by atoms with Gasteiger partial charge in [0.05, 0.1) is 4.92 Å². The highest BCUT2D eigenvalue weighted by Crippen LogP contribution is 2.42. The Kier molecular flexibility index (Phi) is 5.74. The number of alkyl halides is 3. The number of aryl methyl sites for hydroxylation is 1. The van der Waals surface area contributed by atoms with Crippen molar-refractivity contribution in [3.63, 3.8) is 0 Å². The highest BCUT2D eigenvalue weighted by atomic mass is 19.4. The molecule has 0 aliphatic carbocycles. The summed E-state index contributed by atoms with van der Waals surface area (Å²) in [5.74, 6) is -0.497. The van der Waals surface area contributed by atoms with Crippen LogP contribution in [-0.2, 0) is 5.60 Å². The molecule has 0 radical (unpaired) electrons. The molecule has 0 aliphatic rings. The molecule has 0 aliphatic heterocycles. The second-order valence-electron chi connectivity index (χ2n) is 5.67. The lowest BCUT2D eigenvalue weighted by atomic mass is 9.96. The highest BCUT2D eigenvalue weighted by molar-refractivity contribution is 5.91. The number of carbonyl (C=O) groups is 1. The minimum absolute atomic E-state index is 0.118. The molecule has 1 aromatic carbocycles. The van der Waals surface area contributed by atoms with Crippen molar-refractivity contribution >= 4 is 17.4 Å². The zero-order chi connectivity index (χ0) is 20.2. The second-order valence-corrected chi connectivity index (χ2v) is 5.67. The smallest absolute Gasteiger partial charge is 0.424 e. The molecule has 3 N–H and O–H groups in total. The Morgan fingerprint density at radius 2 is 1.93 bits per heavy atom. The molecule has 1 atom stereocenters. The van der Waals surface area contributed by atoms with Gasteiger partial charge in [-0.2, -0.15) is 13.2 Å². The number of nitrogens with zero attached hydrogens (tertiary/aromatic N) is 1. The number of carbonyl (C=O) groups excluding carboxylic acids is 1. The van der Waals surface area contributed by atoms with E-state index in [0.29, 0.717) is 0 Å². The Balaban J connectivity index is 2.03. The van der Waals surface area contributed by atoms with Crippen molar-refractivity contribution in [3.05, 3.63) is 58.0 Å². The number of hydrogen-bond donors (Lipinski definition) is 3. The molecule has 2 aromatic rings. The first-order valence-electron chi connectivity index (χ1n) is 7.69. The number of nitro groups is 1. The first kappa shape index (κ1) is 20.2. The number of para-hydroxylation sites is 2. The largest absolute Gasteiger partial charge is 0.463 e. The molecule has 0 fully saturated rings. The number of urea groups is 1. The third-order valence-corrected chi connectivity index (χ3v) is 3.74. The molecule has 2 amide bonds. The van der Waals surface area contributed by atoms with E-state index < -0.39 is 41.5 Å². The zero-order valence-electron chi connectivity index (χ0n) is 14.0. The first-order chi connectivity index (χ1) is 12.5. The summed E-state index contributed by atoms with van der Waals surface area (Å²) in [6, 6.07) is 6.62. The minimum atomic E-state index is -5.03. The van der Waals surface area contributed by atoms with Gasteiger partial charge in [0.25, 0.3) is 5.69 Å². The molecule has 0 bridgehead atoms. The van der Waals surface area contributed by atoms with Crippen LogP contribution in [0.5, 0.6) is 0 Å². The number of rotatable bonds is 6. The van der Waals surface area contributed by atoms with Gasteiger partial charge in [-0.3, -0.25) is 10.1 Å². The molecular formula is C16H16F3N3O5. The number of hydrogen-bond acceptors (Lipinski definition) is 5. The first-order valence-corrected chi connectivity index (χ1v) is 7.69. The monoisotopic (exact) mass is 387 g/mol. The normalized spacial score (nSPS) is 13.7. The van der Waals surface area contributed by atoms with E-state index in [4.69, 9.17) is 4.42 Å². The van der Waals surface area contributed by atoms with E-state index in [1.165, 1.54) is 31.2 Å². The van der Waals surface area contributed by atoms with E-state index >= 15 is 0 Å². The van der Waals surface area contributed by atoms with Crippen molar-refractivity contribution in [2.75, 3.05) is 11.9 Å². The quantitative estimate of drug-likeness (QED) is 0.518. The Labute approximate surface area is 151 Å². The Hall–Kier alpha value is -3.08. The van der Waals surface area contributed by atoms with Crippen molar-refractivity contribution in [2.45, 2.75) is 25.1 Å². The predicted octanol–water partition coefficient (Wildman–Crippen LogP) is 3.46. The molecule has 146 valence electrons. The maximum atomic E-state index is 13.3. The fourth-order valence-corrected chi connectivity index (χ4v) is 2.32. The van der Waals surface area contributed by atoms with Crippen molar-refractivity contribution in [1.29, 1.82) is 0 Å². The van der Waals surface area contributed by atoms with E-state index in [9.17, 15) is 33.2 Å². The standard InChI is InChI=1S/C16H16F3N3O5/c1-10-6-7-13(27-10)15(24,16(17,18)19)8-9-20-14(23)21-11-4-2-3-5-12(11)22(25)26/h2-7,24H,8-9H2,1H3,(H2,20,21,23)/t15-/m0/s1. The second kappa shape index (κ2) is 7.66. The molecule has 0 saturated heterocycles. The average molecular weight is 387 g/mol. The molecule has 27 heavy (non-hydrogen) atoms. The lowest BCUT2D eigenvalue weighted by Gasteiger charge is -2.28. The number of aliphatic hydroxyl groups is 1. The molecule has 1 heterocycles. The van der Waals surface area contributed by atoms with Crippen LogP contribution in [0.2, 0.25) is 0 Å². The van der Waals surface area contributed by atoms with Crippen LogP contribution in [-0.4, -0.2) is 28.8 Å². The van der Waals surface area contributed by atoms with Crippen LogP contribution in [0.4, 0.5) is 29.3 Å². The molecule has 0 saturated carbocycles. The van der Waals surface area contributed by atoms with Gasteiger partial charge in [-0.05, 0) is 25.1 Å². The van der Waals surface area contributed by atoms with Crippen LogP contribution in [0.3, 0.4) is 0 Å². The Morgan fingerprint density at radius 3 is 2.48 bits per heavy atom. The number of nitro benzene ring substituents is 1. The molecule has 11 heteroatoms. The summed E-state index contributed by atoms with van der Waals surface area (Å²) >= 11 is 0. The predicted molar refractivity (Wildman–Crippen MR) is 88.1 cm³/mol. The topological polar surface area (TPSA) is 118 Å². The number of halogens is 3. The van der Waals surface area contributed by atoms with Gasteiger partial charge < -0.3 is 20.2 Å². The lowest BCUT2D eigenvalue weighted by molar-refractivity contribution is -0.383. The number of amides is 2. The number of furan rings is 1. The van der Waals surface area contributed by atoms with Crippen molar-refractivity contribution < 1.29 is 32.4 Å². The third kappa shape index (κ3) is 4.56. The van der Waals surface area contributed by atoms with Gasteiger partial charge >= 0.3 is 12.2 Å². The summed E-state index contributed by atoms with van der Waals surface area (Å²) in [5.41, 5.74) is -3.77. The van der Waals surface area contributed by atoms with Crippen molar-refractivity contribution in [3.8, 4) is 0 Å². The van der Waals surface area contributed by atoms with Crippen molar-refractivity contribution in [1.82, 2.24) is 5.32 Å². The van der Waals surface area contributed by atoms with Crippen molar-refractivity contribution in [2.24, 2.45) is 0 Å². The van der Waals surface area contributed by atoms with E-state index in [0.717, 1.165) is 12.1 Å². The highest BCUT2D eigenvalue weighted by Gasteiger charge is 2.56. The molecule has 0 spiro atoms. The van der Waals surface area contributed by atoms with Gasteiger partial charge in [-0.15, -0.1) is 0 Å². The average Bonchev–Trinajstić information content (AvgIpc) is 3.01. The van der Waals surface area contributed by atoms with Gasteiger partial charge in [0.15, 0.2) is 0 Å². The summed E-state index contributed by atoms with van der Waals surface area (Å²) < 4.78 is 44.8. The van der Waals surface area contributed by atoms with Crippen LogP contribution in [0.25, 0.3) is 0 Å². The van der Waals surface area contributed by atoms with E-state index in [1.807, 2.05) is 0 Å². The molecule has 8 nitrogen and oxygen atoms in total. The Morgan fingerprint density at radius 1 is 1.26 bits per heavy atom. The molecular weight excluding hydrogens is 371 g/mol. The van der Waals surface area contributed by atoms with E-state index in [-0.39, 0.29) is 17.1 Å². The zero-order valence-corrected chi connectivity index (χ0v) is 14.0.